The molecule has 0 saturated carbocycles. The number of aryl methyl sites for hydroxylation is 1. The zero-order chi connectivity index (χ0) is 20.7. The lowest BCUT2D eigenvalue weighted by Crippen LogP contribution is -2.72. The second kappa shape index (κ2) is 6.90. The van der Waals surface area contributed by atoms with Crippen molar-refractivity contribution in [3.63, 3.8) is 0 Å². The van der Waals surface area contributed by atoms with E-state index in [1.165, 1.54) is 17.4 Å². The third-order valence-electron chi connectivity index (χ3n) is 4.65. The van der Waals surface area contributed by atoms with Crippen LogP contribution in [-0.2, 0) is 0 Å². The number of ketones is 1. The minimum atomic E-state index is -5.34. The lowest BCUT2D eigenvalue weighted by molar-refractivity contribution is -0.287. The fourth-order valence-corrected chi connectivity index (χ4v) is 3.18. The molecule has 3 unspecified atom stereocenters. The molecule has 2 amide bonds. The first-order valence-corrected chi connectivity index (χ1v) is 8.27. The first-order chi connectivity index (χ1) is 13.0. The molecule has 0 aromatic heterocycles. The van der Waals surface area contributed by atoms with Gasteiger partial charge in [-0.15, -0.1) is 0 Å². The van der Waals surface area contributed by atoms with Gasteiger partial charge in [-0.3, -0.25) is 4.79 Å². The van der Waals surface area contributed by atoms with Crippen LogP contribution in [0.15, 0.2) is 48.5 Å². The summed E-state index contributed by atoms with van der Waals surface area (Å²) in [6.45, 7) is 1.76. The molecule has 1 aliphatic heterocycles. The molecule has 3 atom stereocenters. The van der Waals surface area contributed by atoms with Crippen LogP contribution in [-0.4, -0.2) is 28.8 Å². The van der Waals surface area contributed by atoms with E-state index >= 15 is 0 Å². The number of Topliss-reactive ketones (excluding diaryl/α,β-unsaturated/α-hetero) is 1. The quantitative estimate of drug-likeness (QED) is 0.551. The number of carbonyl (C=O) groups is 2. The number of hydrogen-bond acceptors (Lipinski definition) is 3. The van der Waals surface area contributed by atoms with Crippen molar-refractivity contribution in [1.29, 1.82) is 0 Å². The average molecular weight is 396 g/mol. The van der Waals surface area contributed by atoms with Crippen molar-refractivity contribution < 1.29 is 32.3 Å². The van der Waals surface area contributed by atoms with Gasteiger partial charge < -0.3 is 15.7 Å². The van der Waals surface area contributed by atoms with Crippen LogP contribution in [0.4, 0.5) is 22.4 Å². The van der Waals surface area contributed by atoms with Gasteiger partial charge in [0.15, 0.2) is 5.78 Å². The first kappa shape index (κ1) is 19.8. The number of aliphatic hydroxyl groups is 1. The highest BCUT2D eigenvalue weighted by atomic mass is 19.4. The van der Waals surface area contributed by atoms with Crippen molar-refractivity contribution in [3.05, 3.63) is 71.0 Å². The van der Waals surface area contributed by atoms with E-state index in [4.69, 9.17) is 0 Å². The van der Waals surface area contributed by atoms with E-state index in [9.17, 15) is 32.3 Å². The van der Waals surface area contributed by atoms with E-state index < -0.39 is 41.5 Å². The Morgan fingerprint density at radius 3 is 2.18 bits per heavy atom. The number of carbonyl (C=O) groups excluding carboxylic acids is 2. The van der Waals surface area contributed by atoms with Gasteiger partial charge in [0.05, 0.1) is 6.04 Å². The summed E-state index contributed by atoms with van der Waals surface area (Å²) in [5.74, 6) is -3.91. The maximum atomic E-state index is 13.7. The van der Waals surface area contributed by atoms with Crippen molar-refractivity contribution in [2.24, 2.45) is 5.92 Å². The Balaban J connectivity index is 2.15. The number of hydrogen-bond donors (Lipinski definition) is 3. The lowest BCUT2D eigenvalue weighted by atomic mass is 9.77. The average Bonchev–Trinajstić information content (AvgIpc) is 2.61. The van der Waals surface area contributed by atoms with Crippen molar-refractivity contribution in [2.75, 3.05) is 0 Å². The second-order valence-electron chi connectivity index (χ2n) is 6.60. The zero-order valence-electron chi connectivity index (χ0n) is 14.5. The monoisotopic (exact) mass is 396 g/mol. The SMILES string of the molecule is Cc1ccc(C2NC(=O)NC(O)(C(F)(F)F)C2C(=O)c2ccc(F)cc2)cc1. The minimum Gasteiger partial charge on any atom is -0.363 e. The van der Waals surface area contributed by atoms with Crippen LogP contribution in [0.3, 0.4) is 0 Å². The smallest absolute Gasteiger partial charge is 0.363 e. The van der Waals surface area contributed by atoms with Gasteiger partial charge >= 0.3 is 12.2 Å². The molecular weight excluding hydrogens is 380 g/mol. The molecule has 1 fully saturated rings. The number of benzene rings is 2. The number of alkyl halides is 3. The molecule has 1 saturated heterocycles. The van der Waals surface area contributed by atoms with Gasteiger partial charge in [-0.1, -0.05) is 29.8 Å². The summed E-state index contributed by atoms with van der Waals surface area (Å²) >= 11 is 0. The topological polar surface area (TPSA) is 78.4 Å². The van der Waals surface area contributed by atoms with E-state index in [1.807, 2.05) is 0 Å². The molecule has 0 spiro atoms. The highest BCUT2D eigenvalue weighted by Gasteiger charge is 2.66. The number of nitrogens with one attached hydrogen (secondary N) is 2. The minimum absolute atomic E-state index is 0.212. The third kappa shape index (κ3) is 3.45. The third-order valence-corrected chi connectivity index (χ3v) is 4.65. The van der Waals surface area contributed by atoms with Crippen LogP contribution in [0.25, 0.3) is 0 Å². The van der Waals surface area contributed by atoms with Crippen LogP contribution < -0.4 is 10.6 Å². The number of amides is 2. The molecule has 2 aromatic rings. The maximum absolute atomic E-state index is 13.7. The van der Waals surface area contributed by atoms with Gasteiger partial charge in [0.25, 0.3) is 0 Å². The van der Waals surface area contributed by atoms with Crippen LogP contribution in [0.1, 0.15) is 27.5 Å². The molecule has 1 aliphatic rings. The predicted octanol–water partition coefficient (Wildman–Crippen LogP) is 3.24. The molecule has 5 nitrogen and oxygen atoms in total. The summed E-state index contributed by atoms with van der Waals surface area (Å²) < 4.78 is 54.4. The number of rotatable bonds is 3. The van der Waals surface area contributed by atoms with Crippen molar-refractivity contribution in [1.82, 2.24) is 10.6 Å². The largest absolute Gasteiger partial charge is 0.437 e. The summed E-state index contributed by atoms with van der Waals surface area (Å²) in [6, 6.07) is 7.32. The molecule has 28 heavy (non-hydrogen) atoms. The van der Waals surface area contributed by atoms with Crippen molar-refractivity contribution in [2.45, 2.75) is 24.9 Å². The van der Waals surface area contributed by atoms with Gasteiger partial charge in [-0.2, -0.15) is 13.2 Å². The van der Waals surface area contributed by atoms with Crippen LogP contribution in [0.2, 0.25) is 0 Å². The van der Waals surface area contributed by atoms with E-state index in [2.05, 4.69) is 5.32 Å². The Kier molecular flexibility index (Phi) is 4.88. The molecule has 0 aliphatic carbocycles. The predicted molar refractivity (Wildman–Crippen MR) is 90.8 cm³/mol. The van der Waals surface area contributed by atoms with Gasteiger partial charge in [0.2, 0.25) is 5.72 Å². The summed E-state index contributed by atoms with van der Waals surface area (Å²) in [5, 5.41) is 14.1. The first-order valence-electron chi connectivity index (χ1n) is 8.27. The molecule has 9 heteroatoms. The number of halogens is 4. The maximum Gasteiger partial charge on any atom is 0.437 e. The highest BCUT2D eigenvalue weighted by molar-refractivity contribution is 6.00. The molecule has 148 valence electrons. The molecule has 0 radical (unpaired) electrons. The van der Waals surface area contributed by atoms with E-state index in [-0.39, 0.29) is 11.1 Å². The summed E-state index contributed by atoms with van der Waals surface area (Å²) in [6.07, 6.45) is -5.34. The fraction of sp³-hybridized carbons (Fsp3) is 0.263. The van der Waals surface area contributed by atoms with Gasteiger partial charge in [-0.05, 0) is 36.8 Å². The Bertz CT molecular complexity index is 897. The Hall–Kier alpha value is -2.94. The normalized spacial score (nSPS) is 25.0. The summed E-state index contributed by atoms with van der Waals surface area (Å²) in [7, 11) is 0. The molecular formula is C19H16F4N2O3. The molecule has 0 bridgehead atoms. The van der Waals surface area contributed by atoms with Gasteiger partial charge in [0.1, 0.15) is 11.7 Å². The fourth-order valence-electron chi connectivity index (χ4n) is 3.18. The number of urea groups is 1. The van der Waals surface area contributed by atoms with Crippen molar-refractivity contribution in [3.8, 4) is 0 Å². The summed E-state index contributed by atoms with van der Waals surface area (Å²) in [4.78, 5) is 24.8. The Labute approximate surface area is 157 Å². The van der Waals surface area contributed by atoms with Gasteiger partial charge in [0, 0.05) is 5.56 Å². The van der Waals surface area contributed by atoms with Crippen LogP contribution in [0.5, 0.6) is 0 Å². The van der Waals surface area contributed by atoms with Crippen molar-refractivity contribution >= 4 is 11.8 Å². The molecule has 1 heterocycles. The van der Waals surface area contributed by atoms with Crippen LogP contribution in [0, 0.1) is 18.7 Å². The zero-order valence-corrected chi connectivity index (χ0v) is 14.5. The van der Waals surface area contributed by atoms with E-state index in [0.29, 0.717) is 0 Å². The summed E-state index contributed by atoms with van der Waals surface area (Å²) in [5.41, 5.74) is -3.01. The Morgan fingerprint density at radius 2 is 1.64 bits per heavy atom. The molecule has 3 rings (SSSR count). The molecule has 2 aromatic carbocycles. The van der Waals surface area contributed by atoms with E-state index in [0.717, 1.165) is 29.8 Å². The second-order valence-corrected chi connectivity index (χ2v) is 6.60. The van der Waals surface area contributed by atoms with E-state index in [1.54, 1.807) is 19.1 Å². The highest BCUT2D eigenvalue weighted by Crippen LogP contribution is 2.43. The molecule has 3 N–H and O–H groups in total. The lowest BCUT2D eigenvalue weighted by Gasteiger charge is -2.45. The van der Waals surface area contributed by atoms with Gasteiger partial charge in [-0.25, -0.2) is 9.18 Å². The standard InChI is InChI=1S/C19H16F4N2O3/c1-10-2-4-11(5-3-10)15-14(16(26)12-6-8-13(20)9-7-12)18(28,19(21,22)23)25-17(27)24-15/h2-9,14-15,28H,1H3,(H2,24,25,27). The Morgan fingerprint density at radius 1 is 1.07 bits per heavy atom. The van der Waals surface area contributed by atoms with Crippen LogP contribution >= 0.6 is 0 Å².